The third-order valence-electron chi connectivity index (χ3n) is 19.5. The molecule has 1 aliphatic heterocycles. The van der Waals surface area contributed by atoms with Crippen molar-refractivity contribution in [3.8, 4) is 0 Å². The molecule has 37 nitrogen and oxygen atoms in total. The van der Waals surface area contributed by atoms with Gasteiger partial charge in [-0.3, -0.25) is 81.5 Å². The van der Waals surface area contributed by atoms with Gasteiger partial charge in [0.25, 0.3) is 0 Å². The van der Waals surface area contributed by atoms with Crippen molar-refractivity contribution in [3.05, 3.63) is 71.9 Å². The Balaban J connectivity index is 1.45. The molecule has 21 N–H and O–H groups in total. The van der Waals surface area contributed by atoms with Crippen LogP contribution in [-0.2, 0) is 94.3 Å². The Kier molecular flexibility index (Phi) is 35.0. The van der Waals surface area contributed by atoms with E-state index in [2.05, 4.69) is 79.4 Å². The monoisotopic (exact) mass is 1640 g/mol. The molecule has 117 heavy (non-hydrogen) atoms. The molecular weight excluding hydrogens is 1520 g/mol. The number of likely N-dealkylation sites (tertiary alicyclic amines) is 1. The van der Waals surface area contributed by atoms with Gasteiger partial charge in [0.1, 0.15) is 81.1 Å². The van der Waals surface area contributed by atoms with E-state index in [4.69, 9.17) is 11.5 Å². The van der Waals surface area contributed by atoms with Gasteiger partial charge in [0, 0.05) is 49.8 Å². The molecule has 648 valence electrons. The number of hydrogen-bond donors (Lipinski definition) is 19. The average molecular weight is 1640 g/mol. The largest absolute Gasteiger partial charge is 0.394 e. The lowest BCUT2D eigenvalue weighted by atomic mass is 9.96. The number of carbonyl (C=O) groups excluding carboxylic acids is 17. The second-order valence-electron chi connectivity index (χ2n) is 34.4. The summed E-state index contributed by atoms with van der Waals surface area (Å²) in [5, 5.41) is 57.3. The molecule has 0 aliphatic carbocycles. The number of aromatic amines is 1. The van der Waals surface area contributed by atoms with Gasteiger partial charge in [-0.15, -0.1) is 0 Å². The molecular formula is C80H124N18O19. The summed E-state index contributed by atoms with van der Waals surface area (Å²) < 4.78 is 0. The molecule has 1 saturated heterocycles. The Morgan fingerprint density at radius 1 is 0.436 bits per heavy atom. The number of H-pyrrole nitrogens is 1. The molecule has 2 aromatic carbocycles. The number of primary amides is 2. The zero-order valence-corrected chi connectivity index (χ0v) is 70.7. The molecule has 0 radical (unpaired) electrons. The number of nitrogens with two attached hydrogens (primary N) is 2. The molecule has 0 spiro atoms. The summed E-state index contributed by atoms with van der Waals surface area (Å²) in [7, 11) is 0. The SMILES string of the molecule is CC(=O)NC(C)(C)C(=O)NC(CO)C(=O)NC(Cc1c[nH]c2ccccc12)C(=O)NC(C)(C)C(=O)N1CCCC1C(=O)NC(CC(C)C)C(=O)NC(C)(C)C(=O)NC(C)(C)C(=O)NC(CCC(N)=O)C(=O)NC(C)(C)C(=O)NC(C)(C)C(=O)NC(CCC(N)=O)C(=O)NC(C)(C)C(=O)NC(CC(C)C)C(=O)NC(CO)Cc1ccccc1. The first-order chi connectivity index (χ1) is 54.0. The van der Waals surface area contributed by atoms with E-state index in [1.807, 2.05) is 44.2 Å². The van der Waals surface area contributed by atoms with E-state index >= 15 is 0 Å². The summed E-state index contributed by atoms with van der Waals surface area (Å²) in [6, 6.07) is 5.71. The number of fused-ring (bicyclic) bond motifs is 1. The van der Waals surface area contributed by atoms with Crippen molar-refractivity contribution in [1.82, 2.24) is 84.3 Å². The maximum atomic E-state index is 14.7. The Hall–Kier alpha value is -11.1. The highest BCUT2D eigenvalue weighted by Gasteiger charge is 2.47. The van der Waals surface area contributed by atoms with Crippen molar-refractivity contribution in [3.63, 3.8) is 0 Å². The lowest BCUT2D eigenvalue weighted by Gasteiger charge is -2.36. The number of nitrogens with zero attached hydrogens (tertiary/aromatic N) is 1. The smallest absolute Gasteiger partial charge is 0.248 e. The third-order valence-corrected chi connectivity index (χ3v) is 19.5. The lowest BCUT2D eigenvalue weighted by Crippen LogP contribution is -2.67. The zero-order chi connectivity index (χ0) is 88.8. The van der Waals surface area contributed by atoms with Gasteiger partial charge in [0.15, 0.2) is 0 Å². The highest BCUT2D eigenvalue weighted by atomic mass is 16.3. The van der Waals surface area contributed by atoms with E-state index in [1.165, 1.54) is 109 Å². The van der Waals surface area contributed by atoms with Crippen LogP contribution in [0.5, 0.6) is 0 Å². The number of rotatable bonds is 44. The fraction of sp³-hybridized carbons (Fsp3) is 0.613. The van der Waals surface area contributed by atoms with Gasteiger partial charge in [0.2, 0.25) is 100 Å². The Morgan fingerprint density at radius 3 is 1.28 bits per heavy atom. The van der Waals surface area contributed by atoms with Gasteiger partial charge in [-0.2, -0.15) is 0 Å². The number of benzene rings is 2. The molecule has 37 heteroatoms. The first kappa shape index (κ1) is 98.3. The van der Waals surface area contributed by atoms with Crippen LogP contribution in [0.3, 0.4) is 0 Å². The van der Waals surface area contributed by atoms with Crippen LogP contribution in [0.15, 0.2) is 60.8 Å². The van der Waals surface area contributed by atoms with E-state index in [1.54, 1.807) is 44.3 Å². The molecule has 4 rings (SSSR count). The van der Waals surface area contributed by atoms with Crippen LogP contribution in [0.4, 0.5) is 0 Å². The summed E-state index contributed by atoms with van der Waals surface area (Å²) in [4.78, 5) is 238. The minimum atomic E-state index is -1.94. The fourth-order valence-electron chi connectivity index (χ4n) is 12.6. The molecule has 17 amide bonds. The number of para-hydroxylation sites is 1. The van der Waals surface area contributed by atoms with Crippen LogP contribution >= 0.6 is 0 Å². The van der Waals surface area contributed by atoms with E-state index < -0.39 is 220 Å². The van der Waals surface area contributed by atoms with Gasteiger partial charge in [0.05, 0.1) is 19.3 Å². The molecule has 0 saturated carbocycles. The number of aliphatic hydroxyl groups is 2. The zero-order valence-electron chi connectivity index (χ0n) is 70.7. The molecule has 1 aliphatic rings. The van der Waals surface area contributed by atoms with Crippen molar-refractivity contribution in [2.24, 2.45) is 23.3 Å². The van der Waals surface area contributed by atoms with Crippen LogP contribution in [0.25, 0.3) is 10.9 Å². The van der Waals surface area contributed by atoms with E-state index in [9.17, 15) is 91.7 Å². The van der Waals surface area contributed by atoms with Gasteiger partial charge < -0.3 is 106 Å². The molecule has 1 fully saturated rings. The van der Waals surface area contributed by atoms with Crippen molar-refractivity contribution < 1.29 is 91.7 Å². The summed E-state index contributed by atoms with van der Waals surface area (Å²) in [5.41, 5.74) is 0.361. The summed E-state index contributed by atoms with van der Waals surface area (Å²) in [5.74, 6) is -14.9. The molecule has 8 unspecified atom stereocenters. The highest BCUT2D eigenvalue weighted by molar-refractivity contribution is 6.04. The Bertz CT molecular complexity index is 4130. The minimum absolute atomic E-state index is 0.0168. The van der Waals surface area contributed by atoms with E-state index in [0.717, 1.165) is 5.56 Å². The number of hydrogen-bond acceptors (Lipinski definition) is 19. The van der Waals surface area contributed by atoms with Crippen LogP contribution in [0, 0.1) is 11.8 Å². The molecule has 8 atom stereocenters. The minimum Gasteiger partial charge on any atom is -0.394 e. The van der Waals surface area contributed by atoms with Crippen LogP contribution in [-0.4, -0.2) is 227 Å². The maximum absolute atomic E-state index is 14.7. The van der Waals surface area contributed by atoms with E-state index in [-0.39, 0.29) is 50.5 Å². The number of aromatic nitrogens is 1. The number of carbonyl (C=O) groups is 17. The van der Waals surface area contributed by atoms with Crippen molar-refractivity contribution in [2.45, 2.75) is 283 Å². The van der Waals surface area contributed by atoms with Crippen LogP contribution in [0.1, 0.15) is 194 Å². The molecule has 0 bridgehead atoms. The maximum Gasteiger partial charge on any atom is 0.248 e. The van der Waals surface area contributed by atoms with Crippen molar-refractivity contribution >= 4 is 111 Å². The summed E-state index contributed by atoms with van der Waals surface area (Å²) in [6.07, 6.45) is 0.676. The summed E-state index contributed by atoms with van der Waals surface area (Å²) in [6.45, 7) is 25.6. The molecule has 3 aromatic rings. The van der Waals surface area contributed by atoms with Crippen molar-refractivity contribution in [1.29, 1.82) is 0 Å². The first-order valence-electron chi connectivity index (χ1n) is 39.0. The normalized spacial score (nSPS) is 15.2. The summed E-state index contributed by atoms with van der Waals surface area (Å²) >= 11 is 0. The van der Waals surface area contributed by atoms with Gasteiger partial charge >= 0.3 is 0 Å². The topological polar surface area (TPSA) is 570 Å². The van der Waals surface area contributed by atoms with Gasteiger partial charge in [-0.1, -0.05) is 76.2 Å². The second kappa shape index (κ2) is 41.6. The number of nitrogens with one attached hydrogen (secondary N) is 15. The predicted octanol–water partition coefficient (Wildman–Crippen LogP) is -1.77. The standard InChI is InChI=1S/C80H124N18O19/c1-43(2)36-53(60(104)84-48(41-99)38-46-26-21-20-22-27-46)89-68(112)75(8,9)92-62(106)51(31-33-58(81)102)87-69(113)76(10,11)96-71(115)78(14,15)93-63(107)52(32-34-59(82)103)88-70(114)77(12,13)97-72(116)79(16,17)94-64(108)54(37-44(3)4)86-66(110)57-30-25-35-98(57)73(117)80(18,19)95-65(109)55(39-47-40-83-50-29-24-23-28-49(47)50)85-61(105)56(42-100)90-67(111)74(6,7)91-45(5)101/h20-24,26-29,40,43-44,48,51-57,83,99-100H,25,30-39,41-42H2,1-19H3,(H2,81,102)(H2,82,103)(H,84,104)(H,85,105)(H,86,110)(H,87,113)(H,88,114)(H,89,112)(H,90,111)(H,91,101)(H,92,106)(H,93,107)(H,94,108)(H,95,109)(H,96,115)(H,97,116). The quantitative estimate of drug-likeness (QED) is 0.0298. The average Bonchev–Trinajstić information content (AvgIpc) is 1.76. The highest BCUT2D eigenvalue weighted by Crippen LogP contribution is 2.26. The number of aliphatic hydroxyl groups excluding tert-OH is 2. The van der Waals surface area contributed by atoms with Crippen LogP contribution < -0.4 is 85.9 Å². The first-order valence-corrected chi connectivity index (χ1v) is 39.0. The van der Waals surface area contributed by atoms with Crippen LogP contribution in [0.2, 0.25) is 0 Å². The fourth-order valence-corrected chi connectivity index (χ4v) is 12.6. The van der Waals surface area contributed by atoms with Gasteiger partial charge in [-0.25, -0.2) is 0 Å². The lowest BCUT2D eigenvalue weighted by molar-refractivity contribution is -0.145. The number of amides is 17. The third kappa shape index (κ3) is 29.5. The predicted molar refractivity (Wildman–Crippen MR) is 432 cm³/mol. The van der Waals surface area contributed by atoms with Crippen molar-refractivity contribution in [2.75, 3.05) is 19.8 Å². The molecule has 1 aromatic heterocycles. The Morgan fingerprint density at radius 2 is 0.829 bits per heavy atom. The molecule has 2 heterocycles. The second-order valence-corrected chi connectivity index (χ2v) is 34.4. The van der Waals surface area contributed by atoms with E-state index in [0.29, 0.717) is 29.3 Å². The van der Waals surface area contributed by atoms with Gasteiger partial charge in [-0.05, 0) is 171 Å². The Labute approximate surface area is 682 Å².